The van der Waals surface area contributed by atoms with Crippen LogP contribution in [0.4, 0.5) is 4.79 Å². The van der Waals surface area contributed by atoms with Crippen molar-refractivity contribution in [1.29, 1.82) is 0 Å². The fourth-order valence-corrected chi connectivity index (χ4v) is 3.09. The topological polar surface area (TPSA) is 116 Å². The highest BCUT2D eigenvalue weighted by Gasteiger charge is 2.42. The molecule has 116 valence electrons. The summed E-state index contributed by atoms with van der Waals surface area (Å²) >= 11 is 0. The Morgan fingerprint density at radius 1 is 1.24 bits per heavy atom. The summed E-state index contributed by atoms with van der Waals surface area (Å²) < 4.78 is 0. The molecule has 1 saturated carbocycles. The van der Waals surface area contributed by atoms with E-state index in [0.717, 1.165) is 0 Å². The molecule has 1 saturated heterocycles. The Kier molecular flexibility index (Phi) is 4.44. The Hall–Kier alpha value is -2.12. The number of hydrogen-bond acceptors (Lipinski definition) is 4. The zero-order valence-corrected chi connectivity index (χ0v) is 11.8. The number of carboxylic acid groups (broad SMARTS) is 1. The zero-order valence-electron chi connectivity index (χ0n) is 11.8. The van der Waals surface area contributed by atoms with Crippen molar-refractivity contribution in [3.8, 4) is 0 Å². The van der Waals surface area contributed by atoms with E-state index in [2.05, 4.69) is 10.6 Å². The van der Waals surface area contributed by atoms with Gasteiger partial charge in [-0.2, -0.15) is 0 Å². The Labute approximate surface area is 121 Å². The lowest BCUT2D eigenvalue weighted by atomic mass is 9.88. The summed E-state index contributed by atoms with van der Waals surface area (Å²) in [4.78, 5) is 47.3. The average molecular weight is 297 g/mol. The number of hydrogen-bond donors (Lipinski definition) is 3. The summed E-state index contributed by atoms with van der Waals surface area (Å²) in [7, 11) is 0. The van der Waals surface area contributed by atoms with Crippen LogP contribution in [0.2, 0.25) is 0 Å². The predicted molar refractivity (Wildman–Crippen MR) is 71.5 cm³/mol. The third-order valence-electron chi connectivity index (χ3n) is 3.96. The quantitative estimate of drug-likeness (QED) is 0.648. The molecule has 0 aromatic heterocycles. The molecule has 8 heteroatoms. The summed E-state index contributed by atoms with van der Waals surface area (Å²) in [6, 6.07) is -1.38. The van der Waals surface area contributed by atoms with Crippen LogP contribution >= 0.6 is 0 Å². The molecular formula is C13H19N3O5. The Bertz CT molecular complexity index is 476. The highest BCUT2D eigenvalue weighted by atomic mass is 16.4. The molecule has 0 bridgehead atoms. The highest BCUT2D eigenvalue weighted by molar-refractivity contribution is 5.88. The molecule has 1 heterocycles. The van der Waals surface area contributed by atoms with Gasteiger partial charge in [0.15, 0.2) is 0 Å². The normalized spacial score (nSPS) is 29.4. The van der Waals surface area contributed by atoms with Gasteiger partial charge in [0.1, 0.15) is 11.8 Å². The second kappa shape index (κ2) is 6.11. The van der Waals surface area contributed by atoms with Crippen molar-refractivity contribution in [1.82, 2.24) is 15.5 Å². The number of nitrogens with zero attached hydrogens (tertiary/aromatic N) is 1. The van der Waals surface area contributed by atoms with E-state index in [9.17, 15) is 19.2 Å². The Morgan fingerprint density at radius 3 is 2.57 bits per heavy atom. The van der Waals surface area contributed by atoms with E-state index in [1.54, 1.807) is 4.90 Å². The van der Waals surface area contributed by atoms with E-state index >= 15 is 0 Å². The Balaban J connectivity index is 2.08. The molecule has 2 fully saturated rings. The number of likely N-dealkylation sites (tertiary alicyclic amines) is 1. The maximum atomic E-state index is 12.3. The van der Waals surface area contributed by atoms with Crippen LogP contribution < -0.4 is 10.6 Å². The lowest BCUT2D eigenvalue weighted by molar-refractivity contribution is -0.135. The summed E-state index contributed by atoms with van der Waals surface area (Å²) in [6.07, 6.45) is 0.261. The number of carbonyl (C=O) groups is 4. The molecule has 2 aliphatic rings. The number of ketones is 1. The van der Waals surface area contributed by atoms with Gasteiger partial charge in [-0.3, -0.25) is 14.4 Å². The second-order valence-electron chi connectivity index (χ2n) is 5.48. The van der Waals surface area contributed by atoms with Crippen molar-refractivity contribution in [2.45, 2.75) is 50.7 Å². The maximum Gasteiger partial charge on any atom is 0.405 e. The van der Waals surface area contributed by atoms with Crippen LogP contribution in [0.1, 0.15) is 32.6 Å². The van der Waals surface area contributed by atoms with Crippen molar-refractivity contribution in [2.24, 2.45) is 0 Å². The number of carbonyl (C=O) groups excluding carboxylic acids is 3. The first-order valence-corrected chi connectivity index (χ1v) is 6.97. The van der Waals surface area contributed by atoms with Gasteiger partial charge in [-0.05, 0) is 12.8 Å². The van der Waals surface area contributed by atoms with E-state index in [1.165, 1.54) is 6.92 Å². The van der Waals surface area contributed by atoms with Crippen LogP contribution in [0.5, 0.6) is 0 Å². The lowest BCUT2D eigenvalue weighted by Gasteiger charge is -2.37. The highest BCUT2D eigenvalue weighted by Crippen LogP contribution is 2.25. The van der Waals surface area contributed by atoms with Gasteiger partial charge in [-0.25, -0.2) is 4.79 Å². The van der Waals surface area contributed by atoms with Crippen molar-refractivity contribution in [3.05, 3.63) is 0 Å². The number of rotatable bonds is 3. The smallest absolute Gasteiger partial charge is 0.405 e. The van der Waals surface area contributed by atoms with Crippen LogP contribution in [0.15, 0.2) is 0 Å². The minimum Gasteiger partial charge on any atom is -0.465 e. The van der Waals surface area contributed by atoms with Gasteiger partial charge in [-0.1, -0.05) is 0 Å². The first-order chi connectivity index (χ1) is 9.88. The summed E-state index contributed by atoms with van der Waals surface area (Å²) in [5.41, 5.74) is 0. The van der Waals surface area contributed by atoms with Gasteiger partial charge in [0.2, 0.25) is 11.8 Å². The SMILES string of the molecule is CC(=O)N[C@@H]1CC(=O)CCC1N1CC[C@H](NC(=O)O)C1=O. The van der Waals surface area contributed by atoms with Crippen LogP contribution in [-0.2, 0) is 14.4 Å². The third kappa shape index (κ3) is 3.50. The molecule has 0 aromatic carbocycles. The lowest BCUT2D eigenvalue weighted by Crippen LogP contribution is -2.56. The number of Topliss-reactive ketones (excluding diaryl/α,β-unsaturated/α-hetero) is 1. The standard InChI is InChI=1S/C13H19N3O5/c1-7(17)14-10-6-8(18)2-3-11(10)16-5-4-9(12(16)19)15-13(20)21/h9-11,15H,2-6H2,1H3,(H,14,17)(H,20,21)/t9-,10+,11?/m0/s1. The minimum atomic E-state index is -1.23. The third-order valence-corrected chi connectivity index (χ3v) is 3.96. The van der Waals surface area contributed by atoms with E-state index < -0.39 is 18.2 Å². The molecular weight excluding hydrogens is 278 g/mol. The average Bonchev–Trinajstić information content (AvgIpc) is 2.70. The van der Waals surface area contributed by atoms with E-state index in [4.69, 9.17) is 5.11 Å². The number of amides is 3. The molecule has 0 aromatic rings. The van der Waals surface area contributed by atoms with E-state index in [0.29, 0.717) is 25.8 Å². The van der Waals surface area contributed by atoms with Gasteiger partial charge >= 0.3 is 6.09 Å². The molecule has 3 amide bonds. The molecule has 1 unspecified atom stereocenters. The summed E-state index contributed by atoms with van der Waals surface area (Å²) in [6.45, 7) is 1.80. The second-order valence-corrected chi connectivity index (χ2v) is 5.48. The summed E-state index contributed by atoms with van der Waals surface area (Å²) in [5.74, 6) is -0.462. The van der Waals surface area contributed by atoms with Crippen LogP contribution in [0.3, 0.4) is 0 Å². The summed E-state index contributed by atoms with van der Waals surface area (Å²) in [5, 5.41) is 13.6. The van der Waals surface area contributed by atoms with Crippen molar-refractivity contribution in [2.75, 3.05) is 6.54 Å². The first-order valence-electron chi connectivity index (χ1n) is 6.97. The fourth-order valence-electron chi connectivity index (χ4n) is 3.09. The maximum absolute atomic E-state index is 12.3. The molecule has 2 rings (SSSR count). The monoisotopic (exact) mass is 297 g/mol. The van der Waals surface area contributed by atoms with Gasteiger partial charge in [0, 0.05) is 26.3 Å². The van der Waals surface area contributed by atoms with Gasteiger partial charge in [0.05, 0.1) is 12.1 Å². The molecule has 1 aliphatic heterocycles. The molecule has 0 spiro atoms. The fraction of sp³-hybridized carbons (Fsp3) is 0.692. The predicted octanol–water partition coefficient (Wildman–Crippen LogP) is -0.519. The van der Waals surface area contributed by atoms with Crippen LogP contribution in [-0.4, -0.2) is 58.4 Å². The van der Waals surface area contributed by atoms with E-state index in [1.807, 2.05) is 0 Å². The molecule has 21 heavy (non-hydrogen) atoms. The zero-order chi connectivity index (χ0) is 15.6. The molecule has 0 radical (unpaired) electrons. The Morgan fingerprint density at radius 2 is 1.95 bits per heavy atom. The largest absolute Gasteiger partial charge is 0.465 e. The van der Waals surface area contributed by atoms with Gasteiger partial charge < -0.3 is 20.6 Å². The van der Waals surface area contributed by atoms with Crippen molar-refractivity contribution in [3.63, 3.8) is 0 Å². The number of nitrogens with one attached hydrogen (secondary N) is 2. The van der Waals surface area contributed by atoms with E-state index in [-0.39, 0.29) is 30.1 Å². The van der Waals surface area contributed by atoms with Crippen LogP contribution in [0.25, 0.3) is 0 Å². The minimum absolute atomic E-state index is 0.0665. The first kappa shape index (κ1) is 15.3. The van der Waals surface area contributed by atoms with Gasteiger partial charge in [0.25, 0.3) is 0 Å². The molecule has 3 atom stereocenters. The van der Waals surface area contributed by atoms with Crippen molar-refractivity contribution >= 4 is 23.7 Å². The molecule has 8 nitrogen and oxygen atoms in total. The molecule has 1 aliphatic carbocycles. The van der Waals surface area contributed by atoms with Gasteiger partial charge in [-0.15, -0.1) is 0 Å². The van der Waals surface area contributed by atoms with Crippen molar-refractivity contribution < 1.29 is 24.3 Å². The van der Waals surface area contributed by atoms with Crippen LogP contribution in [0, 0.1) is 0 Å². The molecule has 3 N–H and O–H groups in total.